The van der Waals surface area contributed by atoms with E-state index in [0.717, 1.165) is 16.9 Å². The van der Waals surface area contributed by atoms with Crippen LogP contribution in [0.1, 0.15) is 11.1 Å². The number of hydrogen-bond donors (Lipinski definition) is 2. The van der Waals surface area contributed by atoms with Gasteiger partial charge in [-0.3, -0.25) is 0 Å². The molecule has 0 aromatic heterocycles. The minimum atomic E-state index is -0.407. The molecule has 23 heavy (non-hydrogen) atoms. The third-order valence-electron chi connectivity index (χ3n) is 3.20. The second kappa shape index (κ2) is 7.74. The van der Waals surface area contributed by atoms with Crippen molar-refractivity contribution in [1.29, 1.82) is 0 Å². The second-order valence-electron chi connectivity index (χ2n) is 5.03. The van der Waals surface area contributed by atoms with Gasteiger partial charge in [0.15, 0.2) is 6.73 Å². The van der Waals surface area contributed by atoms with E-state index >= 15 is 0 Å². The predicted octanol–water partition coefficient (Wildman–Crippen LogP) is 4.12. The molecule has 0 atom stereocenters. The monoisotopic (exact) mass is 334 g/mol. The van der Waals surface area contributed by atoms with Gasteiger partial charge in [0.25, 0.3) is 0 Å². The average Bonchev–Trinajstić information content (AvgIpc) is 2.50. The van der Waals surface area contributed by atoms with E-state index in [9.17, 15) is 4.79 Å². The summed E-state index contributed by atoms with van der Waals surface area (Å²) in [6.07, 6.45) is 0. The Hall–Kier alpha value is -2.40. The van der Waals surface area contributed by atoms with E-state index in [0.29, 0.717) is 16.5 Å². The molecule has 0 unspecified atom stereocenters. The van der Waals surface area contributed by atoms with E-state index in [1.54, 1.807) is 18.2 Å². The molecule has 2 aromatic rings. The largest absolute Gasteiger partial charge is 0.495 e. The van der Waals surface area contributed by atoms with Crippen LogP contribution >= 0.6 is 11.6 Å². The smallest absolute Gasteiger partial charge is 0.321 e. The quantitative estimate of drug-likeness (QED) is 0.808. The highest BCUT2D eigenvalue weighted by Crippen LogP contribution is 2.27. The van der Waals surface area contributed by atoms with Gasteiger partial charge in [-0.2, -0.15) is 0 Å². The number of nitrogens with one attached hydrogen (secondary N) is 2. The van der Waals surface area contributed by atoms with Crippen molar-refractivity contribution in [3.8, 4) is 11.5 Å². The summed E-state index contributed by atoms with van der Waals surface area (Å²) in [6, 6.07) is 10.4. The Morgan fingerprint density at radius 1 is 1.13 bits per heavy atom. The molecule has 0 spiro atoms. The molecule has 0 aliphatic carbocycles. The van der Waals surface area contributed by atoms with Gasteiger partial charge < -0.3 is 20.1 Å². The van der Waals surface area contributed by atoms with E-state index < -0.39 is 6.03 Å². The third kappa shape index (κ3) is 4.79. The Balaban J connectivity index is 1.89. The Labute approximate surface area is 140 Å². The van der Waals surface area contributed by atoms with Crippen LogP contribution < -0.4 is 20.1 Å². The lowest BCUT2D eigenvalue weighted by Gasteiger charge is -2.13. The van der Waals surface area contributed by atoms with Gasteiger partial charge in [-0.1, -0.05) is 29.3 Å². The van der Waals surface area contributed by atoms with Crippen molar-refractivity contribution in [3.05, 3.63) is 52.5 Å². The molecule has 0 heterocycles. The molecule has 5 nitrogen and oxygen atoms in total. The lowest BCUT2D eigenvalue weighted by molar-refractivity contribution is 0.234. The SMILES string of the molecule is COc1ccc(Cl)cc1NC(=O)NCOc1ccc(C)cc1C. The molecule has 2 aromatic carbocycles. The van der Waals surface area contributed by atoms with Crippen LogP contribution in [-0.4, -0.2) is 19.9 Å². The van der Waals surface area contributed by atoms with E-state index in [1.165, 1.54) is 7.11 Å². The van der Waals surface area contributed by atoms with E-state index in [2.05, 4.69) is 10.6 Å². The minimum Gasteiger partial charge on any atom is -0.495 e. The number of halogens is 1. The number of rotatable bonds is 5. The molecule has 6 heteroatoms. The summed E-state index contributed by atoms with van der Waals surface area (Å²) in [4.78, 5) is 11.9. The first kappa shape index (κ1) is 17.0. The van der Waals surface area contributed by atoms with Crippen LogP contribution in [0.15, 0.2) is 36.4 Å². The maximum atomic E-state index is 11.9. The molecular formula is C17H19ClN2O3. The Morgan fingerprint density at radius 2 is 1.87 bits per heavy atom. The van der Waals surface area contributed by atoms with Crippen LogP contribution in [0, 0.1) is 13.8 Å². The number of aryl methyl sites for hydroxylation is 2. The minimum absolute atomic E-state index is 0.0542. The van der Waals surface area contributed by atoms with Crippen molar-refractivity contribution in [2.45, 2.75) is 13.8 Å². The summed E-state index contributed by atoms with van der Waals surface area (Å²) in [6.45, 7) is 4.03. The van der Waals surface area contributed by atoms with Crippen molar-refractivity contribution in [2.75, 3.05) is 19.2 Å². The zero-order chi connectivity index (χ0) is 16.8. The summed E-state index contributed by atoms with van der Waals surface area (Å²) in [7, 11) is 1.52. The zero-order valence-electron chi connectivity index (χ0n) is 13.3. The van der Waals surface area contributed by atoms with E-state index in [4.69, 9.17) is 21.1 Å². The van der Waals surface area contributed by atoms with Gasteiger partial charge in [-0.25, -0.2) is 4.79 Å². The van der Waals surface area contributed by atoms with Crippen molar-refractivity contribution in [2.24, 2.45) is 0 Å². The van der Waals surface area contributed by atoms with Gasteiger partial charge in [0.1, 0.15) is 11.5 Å². The normalized spacial score (nSPS) is 10.1. The number of amides is 2. The Bertz CT molecular complexity index is 704. The highest BCUT2D eigenvalue weighted by Gasteiger charge is 2.08. The number of benzene rings is 2. The van der Waals surface area contributed by atoms with Crippen LogP contribution in [-0.2, 0) is 0 Å². The highest BCUT2D eigenvalue weighted by molar-refractivity contribution is 6.31. The van der Waals surface area contributed by atoms with Crippen LogP contribution in [0.5, 0.6) is 11.5 Å². The summed E-state index contributed by atoms with van der Waals surface area (Å²) in [5.41, 5.74) is 2.67. The number of methoxy groups -OCH3 is 1. The fraction of sp³-hybridized carbons (Fsp3) is 0.235. The first-order valence-corrected chi connectivity index (χ1v) is 7.46. The molecule has 0 aliphatic rings. The maximum Gasteiger partial charge on any atom is 0.321 e. The Morgan fingerprint density at radius 3 is 2.57 bits per heavy atom. The van der Waals surface area contributed by atoms with E-state index in [-0.39, 0.29) is 6.73 Å². The maximum absolute atomic E-state index is 11.9. The summed E-state index contributed by atoms with van der Waals surface area (Å²) < 4.78 is 10.7. The van der Waals surface area contributed by atoms with Gasteiger partial charge in [-0.05, 0) is 43.7 Å². The first-order valence-electron chi connectivity index (χ1n) is 7.08. The number of carbonyl (C=O) groups excluding carboxylic acids is 1. The van der Waals surface area contributed by atoms with Crippen LogP contribution in [0.25, 0.3) is 0 Å². The number of hydrogen-bond acceptors (Lipinski definition) is 3. The van der Waals surface area contributed by atoms with Crippen molar-refractivity contribution in [3.63, 3.8) is 0 Å². The fourth-order valence-electron chi connectivity index (χ4n) is 2.09. The summed E-state index contributed by atoms with van der Waals surface area (Å²) in [5.74, 6) is 1.26. The molecule has 122 valence electrons. The molecule has 0 bridgehead atoms. The van der Waals surface area contributed by atoms with E-state index in [1.807, 2.05) is 32.0 Å². The molecule has 2 amide bonds. The topological polar surface area (TPSA) is 59.6 Å². The number of carbonyl (C=O) groups is 1. The van der Waals surface area contributed by atoms with Gasteiger partial charge >= 0.3 is 6.03 Å². The molecule has 0 fully saturated rings. The number of anilines is 1. The molecule has 0 saturated heterocycles. The number of urea groups is 1. The molecule has 0 radical (unpaired) electrons. The molecule has 2 rings (SSSR count). The van der Waals surface area contributed by atoms with Gasteiger partial charge in [0.05, 0.1) is 12.8 Å². The van der Waals surface area contributed by atoms with Crippen molar-refractivity contribution >= 4 is 23.3 Å². The molecule has 2 N–H and O–H groups in total. The zero-order valence-corrected chi connectivity index (χ0v) is 14.0. The first-order chi connectivity index (χ1) is 11.0. The van der Waals surface area contributed by atoms with Crippen LogP contribution in [0.4, 0.5) is 10.5 Å². The third-order valence-corrected chi connectivity index (χ3v) is 3.44. The van der Waals surface area contributed by atoms with Crippen molar-refractivity contribution in [1.82, 2.24) is 5.32 Å². The standard InChI is InChI=1S/C17H19ClN2O3/c1-11-4-6-15(12(2)8-11)23-10-19-17(21)20-14-9-13(18)5-7-16(14)22-3/h4-9H,10H2,1-3H3,(H2,19,20,21). The molecule has 0 saturated carbocycles. The predicted molar refractivity (Wildman–Crippen MR) is 91.6 cm³/mol. The van der Waals surface area contributed by atoms with Crippen LogP contribution in [0.3, 0.4) is 0 Å². The van der Waals surface area contributed by atoms with Crippen LogP contribution in [0.2, 0.25) is 5.02 Å². The summed E-state index contributed by atoms with van der Waals surface area (Å²) in [5, 5.41) is 5.80. The molecule has 0 aliphatic heterocycles. The lowest BCUT2D eigenvalue weighted by atomic mass is 10.1. The number of ether oxygens (including phenoxy) is 2. The lowest BCUT2D eigenvalue weighted by Crippen LogP contribution is -2.32. The summed E-state index contributed by atoms with van der Waals surface area (Å²) >= 11 is 5.92. The molecular weight excluding hydrogens is 316 g/mol. The van der Waals surface area contributed by atoms with Gasteiger partial charge in [0, 0.05) is 5.02 Å². The average molecular weight is 335 g/mol. The van der Waals surface area contributed by atoms with Gasteiger partial charge in [0.2, 0.25) is 0 Å². The highest BCUT2D eigenvalue weighted by atomic mass is 35.5. The van der Waals surface area contributed by atoms with Crippen molar-refractivity contribution < 1.29 is 14.3 Å². The Kier molecular flexibility index (Phi) is 5.71. The second-order valence-corrected chi connectivity index (χ2v) is 5.47. The van der Waals surface area contributed by atoms with Gasteiger partial charge in [-0.15, -0.1) is 0 Å². The fourth-order valence-corrected chi connectivity index (χ4v) is 2.26.